The Balaban J connectivity index is 1.54. The number of para-hydroxylation sites is 1. The van der Waals surface area contributed by atoms with Crippen molar-refractivity contribution in [2.45, 2.75) is 0 Å². The van der Waals surface area contributed by atoms with Gasteiger partial charge in [-0.05, 0) is 54.6 Å². The Morgan fingerprint density at radius 1 is 1.03 bits per heavy atom. The van der Waals surface area contributed by atoms with Gasteiger partial charge in [0, 0.05) is 16.3 Å². The van der Waals surface area contributed by atoms with E-state index in [1.807, 2.05) is 0 Å². The van der Waals surface area contributed by atoms with Crippen LogP contribution in [0.3, 0.4) is 0 Å². The first-order chi connectivity index (χ1) is 16.8. The van der Waals surface area contributed by atoms with Gasteiger partial charge in [-0.1, -0.05) is 35.9 Å². The molecule has 1 fully saturated rings. The Kier molecular flexibility index (Phi) is 6.88. The standard InChI is InChI=1S/C25H17ClFN3O5/c26-16-5-3-6-19(13-16)30-24(33)20(23(32)29-25(30)34)12-15-4-1-2-7-21(15)35-14-22(31)28-18-10-8-17(27)9-11-18/h1-13H,14H2,(H,28,31)(H,29,32,34). The molecule has 0 radical (unpaired) electrons. The first-order valence-corrected chi connectivity index (χ1v) is 10.6. The second-order valence-corrected chi connectivity index (χ2v) is 7.76. The average Bonchev–Trinajstić information content (AvgIpc) is 2.82. The number of carbonyl (C=O) groups excluding carboxylic acids is 4. The van der Waals surface area contributed by atoms with Gasteiger partial charge < -0.3 is 10.1 Å². The fourth-order valence-electron chi connectivity index (χ4n) is 3.27. The molecule has 35 heavy (non-hydrogen) atoms. The highest BCUT2D eigenvalue weighted by molar-refractivity contribution is 6.39. The van der Waals surface area contributed by atoms with Gasteiger partial charge in [0.2, 0.25) is 0 Å². The van der Waals surface area contributed by atoms with Crippen LogP contribution in [0.2, 0.25) is 5.02 Å². The van der Waals surface area contributed by atoms with Crippen molar-refractivity contribution in [1.82, 2.24) is 5.32 Å². The number of nitrogens with zero attached hydrogens (tertiary/aromatic N) is 1. The van der Waals surface area contributed by atoms with Crippen LogP contribution in [0.5, 0.6) is 5.75 Å². The predicted molar refractivity (Wildman–Crippen MR) is 127 cm³/mol. The van der Waals surface area contributed by atoms with Crippen LogP contribution in [-0.2, 0) is 14.4 Å². The summed E-state index contributed by atoms with van der Waals surface area (Å²) in [5.74, 6) is -2.42. The Morgan fingerprint density at radius 3 is 2.51 bits per heavy atom. The third-order valence-corrected chi connectivity index (χ3v) is 5.11. The van der Waals surface area contributed by atoms with Crippen molar-refractivity contribution < 1.29 is 28.3 Å². The van der Waals surface area contributed by atoms with Crippen molar-refractivity contribution in [3.63, 3.8) is 0 Å². The maximum atomic E-state index is 13.1. The van der Waals surface area contributed by atoms with Crippen molar-refractivity contribution >= 4 is 52.8 Å². The maximum absolute atomic E-state index is 13.1. The first kappa shape index (κ1) is 23.7. The molecule has 2 N–H and O–H groups in total. The molecule has 1 aliphatic heterocycles. The van der Waals surface area contributed by atoms with Gasteiger partial charge in [0.25, 0.3) is 17.7 Å². The molecule has 4 rings (SSSR count). The number of hydrogen-bond donors (Lipinski definition) is 2. The topological polar surface area (TPSA) is 105 Å². The third-order valence-electron chi connectivity index (χ3n) is 4.87. The summed E-state index contributed by atoms with van der Waals surface area (Å²) >= 11 is 5.98. The van der Waals surface area contributed by atoms with Crippen LogP contribution in [0.15, 0.2) is 78.4 Å². The number of anilines is 2. The van der Waals surface area contributed by atoms with Crippen LogP contribution in [-0.4, -0.2) is 30.4 Å². The summed E-state index contributed by atoms with van der Waals surface area (Å²) in [5.41, 5.74) is 0.614. The van der Waals surface area contributed by atoms with E-state index < -0.39 is 29.6 Å². The monoisotopic (exact) mass is 493 g/mol. The summed E-state index contributed by atoms with van der Waals surface area (Å²) in [5, 5.41) is 5.01. The lowest BCUT2D eigenvalue weighted by atomic mass is 10.1. The number of benzene rings is 3. The van der Waals surface area contributed by atoms with Gasteiger partial charge in [-0.15, -0.1) is 0 Å². The highest BCUT2D eigenvalue weighted by Gasteiger charge is 2.37. The normalized spacial score (nSPS) is 14.6. The van der Waals surface area contributed by atoms with Crippen LogP contribution >= 0.6 is 11.6 Å². The Hall–Kier alpha value is -4.50. The van der Waals surface area contributed by atoms with E-state index in [0.717, 1.165) is 4.90 Å². The van der Waals surface area contributed by atoms with E-state index in [-0.39, 0.29) is 23.6 Å². The number of hydrogen-bond acceptors (Lipinski definition) is 5. The molecule has 0 aliphatic carbocycles. The second kappa shape index (κ2) is 10.2. The van der Waals surface area contributed by atoms with E-state index >= 15 is 0 Å². The molecule has 8 nitrogen and oxygen atoms in total. The van der Waals surface area contributed by atoms with Gasteiger partial charge in [0.15, 0.2) is 6.61 Å². The Morgan fingerprint density at radius 2 is 1.77 bits per heavy atom. The van der Waals surface area contributed by atoms with Crippen LogP contribution in [0.25, 0.3) is 6.08 Å². The number of rotatable bonds is 6. The van der Waals surface area contributed by atoms with Gasteiger partial charge in [0.05, 0.1) is 5.69 Å². The number of carbonyl (C=O) groups is 4. The fourth-order valence-corrected chi connectivity index (χ4v) is 3.45. The van der Waals surface area contributed by atoms with E-state index in [9.17, 15) is 23.6 Å². The summed E-state index contributed by atoms with van der Waals surface area (Å²) in [6.07, 6.45) is 1.27. The van der Waals surface area contributed by atoms with Crippen molar-refractivity contribution in [3.05, 3.63) is 94.8 Å². The lowest BCUT2D eigenvalue weighted by Gasteiger charge is -2.26. The second-order valence-electron chi connectivity index (χ2n) is 7.32. The van der Waals surface area contributed by atoms with Crippen molar-refractivity contribution in [2.24, 2.45) is 0 Å². The van der Waals surface area contributed by atoms with Gasteiger partial charge in [-0.25, -0.2) is 14.1 Å². The molecule has 1 saturated heterocycles. The number of amides is 5. The molecule has 1 aliphatic rings. The van der Waals surface area contributed by atoms with Crippen molar-refractivity contribution in [2.75, 3.05) is 16.8 Å². The average molecular weight is 494 g/mol. The molecular weight excluding hydrogens is 477 g/mol. The van der Waals surface area contributed by atoms with Gasteiger partial charge in [-0.3, -0.25) is 19.7 Å². The number of imide groups is 2. The van der Waals surface area contributed by atoms with E-state index in [4.69, 9.17) is 16.3 Å². The van der Waals surface area contributed by atoms with Crippen LogP contribution < -0.4 is 20.3 Å². The summed E-state index contributed by atoms with van der Waals surface area (Å²) in [6, 6.07) is 16.9. The van der Waals surface area contributed by atoms with Crippen LogP contribution in [0, 0.1) is 5.82 Å². The lowest BCUT2D eigenvalue weighted by Crippen LogP contribution is -2.54. The van der Waals surface area contributed by atoms with E-state index in [2.05, 4.69) is 10.6 Å². The fraction of sp³-hybridized carbons (Fsp3) is 0.0400. The number of urea groups is 1. The van der Waals surface area contributed by atoms with E-state index in [1.165, 1.54) is 42.5 Å². The Bertz CT molecular complexity index is 1360. The highest BCUT2D eigenvalue weighted by atomic mass is 35.5. The quantitative estimate of drug-likeness (QED) is 0.396. The highest BCUT2D eigenvalue weighted by Crippen LogP contribution is 2.27. The molecule has 3 aromatic carbocycles. The van der Waals surface area contributed by atoms with Crippen LogP contribution in [0.4, 0.5) is 20.6 Å². The van der Waals surface area contributed by atoms with Gasteiger partial charge in [-0.2, -0.15) is 0 Å². The van der Waals surface area contributed by atoms with Gasteiger partial charge >= 0.3 is 6.03 Å². The zero-order valence-electron chi connectivity index (χ0n) is 18.0. The first-order valence-electron chi connectivity index (χ1n) is 10.3. The lowest BCUT2D eigenvalue weighted by molar-refractivity contribution is -0.122. The molecule has 1 heterocycles. The summed E-state index contributed by atoms with van der Waals surface area (Å²) in [4.78, 5) is 50.9. The molecule has 0 atom stereocenters. The summed E-state index contributed by atoms with van der Waals surface area (Å²) in [7, 11) is 0. The summed E-state index contributed by atoms with van der Waals surface area (Å²) in [6.45, 7) is -0.384. The minimum absolute atomic E-state index is 0.195. The number of halogens is 2. The molecule has 0 unspecified atom stereocenters. The zero-order valence-corrected chi connectivity index (χ0v) is 18.7. The SMILES string of the molecule is O=C(COc1ccccc1C=C1C(=O)NC(=O)N(c2cccc(Cl)c2)C1=O)Nc1ccc(F)cc1. The molecule has 3 aromatic rings. The van der Waals surface area contributed by atoms with Crippen LogP contribution in [0.1, 0.15) is 5.56 Å². The van der Waals surface area contributed by atoms with Gasteiger partial charge in [0.1, 0.15) is 17.1 Å². The smallest absolute Gasteiger partial charge is 0.335 e. The van der Waals surface area contributed by atoms with E-state index in [1.54, 1.807) is 36.4 Å². The summed E-state index contributed by atoms with van der Waals surface area (Å²) < 4.78 is 18.6. The molecule has 0 spiro atoms. The predicted octanol–water partition coefficient (Wildman–Crippen LogP) is 4.16. The van der Waals surface area contributed by atoms with Crippen molar-refractivity contribution in [3.8, 4) is 5.75 Å². The largest absolute Gasteiger partial charge is 0.483 e. The minimum Gasteiger partial charge on any atom is -0.483 e. The van der Waals surface area contributed by atoms with E-state index in [0.29, 0.717) is 16.3 Å². The maximum Gasteiger partial charge on any atom is 0.335 e. The number of ether oxygens (including phenoxy) is 1. The minimum atomic E-state index is -0.901. The molecule has 0 saturated carbocycles. The molecular formula is C25H17ClFN3O5. The molecule has 0 aromatic heterocycles. The molecule has 10 heteroatoms. The zero-order chi connectivity index (χ0) is 24.9. The number of barbiturate groups is 1. The Labute approximate surface area is 203 Å². The number of nitrogens with one attached hydrogen (secondary N) is 2. The van der Waals surface area contributed by atoms with Crippen molar-refractivity contribution in [1.29, 1.82) is 0 Å². The molecule has 176 valence electrons. The third kappa shape index (κ3) is 5.53. The molecule has 0 bridgehead atoms. The molecule has 5 amide bonds.